The van der Waals surface area contributed by atoms with E-state index in [1.807, 2.05) is 0 Å². The summed E-state index contributed by atoms with van der Waals surface area (Å²) in [4.78, 5) is 11.9. The van der Waals surface area contributed by atoms with Crippen LogP contribution in [0.3, 0.4) is 0 Å². The van der Waals surface area contributed by atoms with E-state index in [-0.39, 0.29) is 23.8 Å². The molecule has 8 heteroatoms. The molecule has 0 spiro atoms. The molecule has 24 heavy (non-hydrogen) atoms. The van der Waals surface area contributed by atoms with Crippen LogP contribution in [0.5, 0.6) is 5.75 Å². The number of carbonyl (C=O) groups excluding carboxylic acids is 1. The molecule has 1 aliphatic heterocycles. The molecule has 2 aromatic rings. The van der Waals surface area contributed by atoms with Crippen molar-refractivity contribution >= 4 is 21.6 Å². The van der Waals surface area contributed by atoms with Gasteiger partial charge in [-0.15, -0.1) is 0 Å². The van der Waals surface area contributed by atoms with Gasteiger partial charge in [-0.1, -0.05) is 12.1 Å². The van der Waals surface area contributed by atoms with Crippen LogP contribution in [0.4, 0.5) is 10.1 Å². The Hall–Kier alpha value is -2.45. The first-order valence-electron chi connectivity index (χ1n) is 7.27. The van der Waals surface area contributed by atoms with Gasteiger partial charge in [-0.25, -0.2) is 17.5 Å². The Balaban J connectivity index is 1.60. The van der Waals surface area contributed by atoms with Crippen molar-refractivity contribution in [2.24, 2.45) is 0 Å². The van der Waals surface area contributed by atoms with Crippen molar-refractivity contribution in [2.75, 3.05) is 11.9 Å². The standard InChI is InChI=1S/C16H15FN2O4S/c17-11-5-7-12(8-6-11)24(21,22)18-10-9-15-16(20)19-13-3-1-2-4-14(13)23-15/h1-8,15,18H,9-10H2,(H,19,20). The lowest BCUT2D eigenvalue weighted by Crippen LogP contribution is -2.39. The predicted molar refractivity (Wildman–Crippen MR) is 85.7 cm³/mol. The van der Waals surface area contributed by atoms with Crippen LogP contribution in [-0.2, 0) is 14.8 Å². The van der Waals surface area contributed by atoms with Crippen molar-refractivity contribution in [1.29, 1.82) is 0 Å². The van der Waals surface area contributed by atoms with Gasteiger partial charge in [0.05, 0.1) is 10.6 Å². The van der Waals surface area contributed by atoms with Crippen molar-refractivity contribution in [2.45, 2.75) is 17.4 Å². The highest BCUT2D eigenvalue weighted by molar-refractivity contribution is 7.89. The number of anilines is 1. The van der Waals surface area contributed by atoms with Crippen LogP contribution < -0.4 is 14.8 Å². The Kier molecular flexibility index (Phi) is 4.50. The molecule has 2 N–H and O–H groups in total. The third kappa shape index (κ3) is 3.55. The second-order valence-corrected chi connectivity index (χ2v) is 7.00. The third-order valence-electron chi connectivity index (χ3n) is 3.53. The third-order valence-corrected chi connectivity index (χ3v) is 5.01. The predicted octanol–water partition coefficient (Wildman–Crippen LogP) is 1.89. The SMILES string of the molecule is O=C1Nc2ccccc2OC1CCNS(=O)(=O)c1ccc(F)cc1. The molecular weight excluding hydrogens is 335 g/mol. The summed E-state index contributed by atoms with van der Waals surface area (Å²) in [7, 11) is -3.76. The number of para-hydroxylation sites is 2. The molecule has 0 aliphatic carbocycles. The number of rotatable bonds is 5. The van der Waals surface area contributed by atoms with E-state index in [9.17, 15) is 17.6 Å². The van der Waals surface area contributed by atoms with Crippen molar-refractivity contribution in [3.63, 3.8) is 0 Å². The van der Waals surface area contributed by atoms with Crippen molar-refractivity contribution in [3.05, 3.63) is 54.3 Å². The Morgan fingerprint density at radius 1 is 1.12 bits per heavy atom. The summed E-state index contributed by atoms with van der Waals surface area (Å²) in [6.07, 6.45) is -0.614. The fourth-order valence-electron chi connectivity index (χ4n) is 2.30. The van der Waals surface area contributed by atoms with Crippen LogP contribution >= 0.6 is 0 Å². The quantitative estimate of drug-likeness (QED) is 0.862. The molecule has 0 saturated heterocycles. The van der Waals surface area contributed by atoms with Gasteiger partial charge in [0.2, 0.25) is 10.0 Å². The number of hydrogen-bond acceptors (Lipinski definition) is 4. The molecule has 1 atom stereocenters. The van der Waals surface area contributed by atoms with Gasteiger partial charge in [-0.3, -0.25) is 4.79 Å². The van der Waals surface area contributed by atoms with E-state index in [1.165, 1.54) is 12.1 Å². The smallest absolute Gasteiger partial charge is 0.265 e. The first-order valence-corrected chi connectivity index (χ1v) is 8.76. The Labute approximate surface area is 138 Å². The summed E-state index contributed by atoms with van der Waals surface area (Å²) in [6, 6.07) is 11.5. The minimum Gasteiger partial charge on any atom is -0.478 e. The van der Waals surface area contributed by atoms with Crippen molar-refractivity contribution in [3.8, 4) is 5.75 Å². The molecule has 0 bridgehead atoms. The zero-order chi connectivity index (χ0) is 17.2. The second-order valence-electron chi connectivity index (χ2n) is 5.23. The number of amides is 1. The molecule has 1 heterocycles. The molecule has 0 aromatic heterocycles. The van der Waals surface area contributed by atoms with Crippen LogP contribution in [0.25, 0.3) is 0 Å². The van der Waals surface area contributed by atoms with Gasteiger partial charge in [-0.2, -0.15) is 0 Å². The van der Waals surface area contributed by atoms with E-state index in [0.717, 1.165) is 12.1 Å². The molecular formula is C16H15FN2O4S. The van der Waals surface area contributed by atoms with E-state index >= 15 is 0 Å². The van der Waals surface area contributed by atoms with Crippen LogP contribution in [0.2, 0.25) is 0 Å². The van der Waals surface area contributed by atoms with E-state index in [0.29, 0.717) is 11.4 Å². The summed E-state index contributed by atoms with van der Waals surface area (Å²) in [5, 5.41) is 2.71. The van der Waals surface area contributed by atoms with Gasteiger partial charge < -0.3 is 10.1 Å². The molecule has 0 saturated carbocycles. The average Bonchev–Trinajstić information content (AvgIpc) is 2.55. The minimum atomic E-state index is -3.76. The number of ether oxygens (including phenoxy) is 1. The minimum absolute atomic E-state index is 0.0139. The Bertz CT molecular complexity index is 853. The van der Waals surface area contributed by atoms with E-state index in [1.54, 1.807) is 24.3 Å². The number of halogens is 1. The van der Waals surface area contributed by atoms with Gasteiger partial charge in [0.15, 0.2) is 6.10 Å². The summed E-state index contributed by atoms with van der Waals surface area (Å²) in [6.45, 7) is 0.0139. The van der Waals surface area contributed by atoms with Gasteiger partial charge in [-0.05, 0) is 36.4 Å². The van der Waals surface area contributed by atoms with E-state index in [4.69, 9.17) is 4.74 Å². The molecule has 6 nitrogen and oxygen atoms in total. The molecule has 126 valence electrons. The lowest BCUT2D eigenvalue weighted by atomic mass is 10.2. The molecule has 1 unspecified atom stereocenters. The molecule has 1 amide bonds. The molecule has 0 radical (unpaired) electrons. The van der Waals surface area contributed by atoms with E-state index < -0.39 is 21.9 Å². The number of benzene rings is 2. The highest BCUT2D eigenvalue weighted by Crippen LogP contribution is 2.29. The fourth-order valence-corrected chi connectivity index (χ4v) is 3.35. The number of nitrogens with one attached hydrogen (secondary N) is 2. The van der Waals surface area contributed by atoms with Gasteiger partial charge in [0, 0.05) is 13.0 Å². The van der Waals surface area contributed by atoms with Gasteiger partial charge >= 0.3 is 0 Å². The first kappa shape index (κ1) is 16.4. The number of hydrogen-bond donors (Lipinski definition) is 2. The van der Waals surface area contributed by atoms with Crippen LogP contribution in [-0.4, -0.2) is 27.0 Å². The maximum atomic E-state index is 12.9. The van der Waals surface area contributed by atoms with Gasteiger partial charge in [0.25, 0.3) is 5.91 Å². The lowest BCUT2D eigenvalue weighted by Gasteiger charge is -2.25. The zero-order valence-electron chi connectivity index (χ0n) is 12.5. The average molecular weight is 350 g/mol. The van der Waals surface area contributed by atoms with Crippen molar-refractivity contribution < 1.29 is 22.3 Å². The zero-order valence-corrected chi connectivity index (χ0v) is 13.3. The summed E-state index contributed by atoms with van der Waals surface area (Å²) in [5.74, 6) is -0.293. The summed E-state index contributed by atoms with van der Waals surface area (Å²) < 4.78 is 45.0. The largest absolute Gasteiger partial charge is 0.478 e. The molecule has 0 fully saturated rings. The van der Waals surface area contributed by atoms with Crippen LogP contribution in [0, 0.1) is 5.82 Å². The highest BCUT2D eigenvalue weighted by atomic mass is 32.2. The monoisotopic (exact) mass is 350 g/mol. The number of carbonyl (C=O) groups is 1. The summed E-state index contributed by atoms with van der Waals surface area (Å²) >= 11 is 0. The maximum Gasteiger partial charge on any atom is 0.265 e. The molecule has 2 aromatic carbocycles. The first-order chi connectivity index (χ1) is 11.5. The Morgan fingerprint density at radius 3 is 2.58 bits per heavy atom. The number of sulfonamides is 1. The second kappa shape index (κ2) is 6.58. The van der Waals surface area contributed by atoms with Crippen LogP contribution in [0.15, 0.2) is 53.4 Å². The normalized spacial score (nSPS) is 16.9. The summed E-state index contributed by atoms with van der Waals surface area (Å²) in [5.41, 5.74) is 0.589. The highest BCUT2D eigenvalue weighted by Gasteiger charge is 2.27. The van der Waals surface area contributed by atoms with Crippen molar-refractivity contribution in [1.82, 2.24) is 4.72 Å². The topological polar surface area (TPSA) is 84.5 Å². The van der Waals surface area contributed by atoms with E-state index in [2.05, 4.69) is 10.0 Å². The van der Waals surface area contributed by atoms with Crippen LogP contribution in [0.1, 0.15) is 6.42 Å². The molecule has 3 rings (SSSR count). The number of fused-ring (bicyclic) bond motifs is 1. The fraction of sp³-hybridized carbons (Fsp3) is 0.188. The lowest BCUT2D eigenvalue weighted by molar-refractivity contribution is -0.123. The van der Waals surface area contributed by atoms with Gasteiger partial charge in [0.1, 0.15) is 11.6 Å². The Morgan fingerprint density at radius 2 is 1.83 bits per heavy atom. The molecule has 1 aliphatic rings. The maximum absolute atomic E-state index is 12.9.